The van der Waals surface area contributed by atoms with E-state index in [2.05, 4.69) is 15.3 Å². The third kappa shape index (κ3) is 32.6. The van der Waals surface area contributed by atoms with E-state index in [0.29, 0.717) is 32.8 Å². The minimum absolute atomic E-state index is 0.00129. The molecule has 0 aromatic rings. The smallest absolute Gasteiger partial charge is 0.407 e. The first-order valence-electron chi connectivity index (χ1n) is 10.9. The average molecular weight is 644 g/mol. The Morgan fingerprint density at radius 1 is 0.806 bits per heavy atom. The molecule has 17 heteroatoms. The zero-order valence-electron chi connectivity index (χ0n) is 20.4. The topological polar surface area (TPSA) is 120 Å². The third-order valence-electron chi connectivity index (χ3n) is 3.10. The largest absolute Gasteiger partial charge is 0.449 e. The molecule has 0 spiro atoms. The highest BCUT2D eigenvalue weighted by atomic mass is 32.2. The van der Waals surface area contributed by atoms with E-state index < -0.39 is 0 Å². The lowest BCUT2D eigenvalue weighted by Gasteiger charge is -2.07. The van der Waals surface area contributed by atoms with E-state index in [1.54, 1.807) is 35.3 Å². The summed E-state index contributed by atoms with van der Waals surface area (Å²) >= 11 is 12.0. The summed E-state index contributed by atoms with van der Waals surface area (Å²) in [4.78, 5) is 38.8. The van der Waals surface area contributed by atoms with Crippen molar-refractivity contribution < 1.29 is 34.2 Å². The molecule has 1 amide bonds. The summed E-state index contributed by atoms with van der Waals surface area (Å²) < 4.78 is 5.18. The Balaban J connectivity index is 3.19. The van der Waals surface area contributed by atoms with Gasteiger partial charge in [0.1, 0.15) is 19.2 Å². The van der Waals surface area contributed by atoms with Gasteiger partial charge in [0.25, 0.3) is 0 Å². The number of carbonyl (C=O) groups is 1. The maximum atomic E-state index is 11.7. The minimum Gasteiger partial charge on any atom is -0.449 e. The Hall–Kier alpha value is 0.540. The zero-order chi connectivity index (χ0) is 26.2. The Morgan fingerprint density at radius 2 is 1.44 bits per heavy atom. The summed E-state index contributed by atoms with van der Waals surface area (Å²) in [7, 11) is 0. The molecule has 0 bridgehead atoms. The molecule has 212 valence electrons. The zero-order valence-corrected chi connectivity index (χ0v) is 26.1. The fourth-order valence-corrected chi connectivity index (χ4v) is 8.22. The summed E-state index contributed by atoms with van der Waals surface area (Å²) in [6.07, 6.45) is 2.24. The Labute approximate surface area is 244 Å². The van der Waals surface area contributed by atoms with Crippen LogP contribution in [-0.2, 0) is 24.3 Å². The fourth-order valence-electron chi connectivity index (χ4n) is 1.62. The van der Waals surface area contributed by atoms with Crippen LogP contribution in [0.4, 0.5) is 4.79 Å². The summed E-state index contributed by atoms with van der Waals surface area (Å²) in [5.41, 5.74) is 0. The average Bonchev–Trinajstić information content (AvgIpc) is 2.88. The predicted octanol–water partition coefficient (Wildman–Crippen LogP) is 4.56. The van der Waals surface area contributed by atoms with Gasteiger partial charge in [-0.05, 0) is 6.92 Å². The Kier molecular flexibility index (Phi) is 34.1. The van der Waals surface area contributed by atoms with Crippen LogP contribution in [-0.4, -0.2) is 112 Å². The number of nitrogens with zero attached hydrogens (tertiary/aromatic N) is 2. The highest BCUT2D eigenvalue weighted by molar-refractivity contribution is 8.23. The van der Waals surface area contributed by atoms with Gasteiger partial charge in [0.05, 0.1) is 12.5 Å². The molecule has 0 rings (SSSR count). The van der Waals surface area contributed by atoms with Crippen molar-refractivity contribution >= 4 is 101 Å². The number of rotatable bonds is 28. The van der Waals surface area contributed by atoms with Gasteiger partial charge in [-0.15, -0.1) is 82.3 Å². The van der Waals surface area contributed by atoms with E-state index in [1.807, 2.05) is 42.2 Å². The second-order valence-corrected chi connectivity index (χ2v) is 14.5. The van der Waals surface area contributed by atoms with Crippen molar-refractivity contribution in [2.75, 3.05) is 88.1 Å². The second kappa shape index (κ2) is 33.6. The second-order valence-electron chi connectivity index (χ2n) is 5.77. The Morgan fingerprint density at radius 3 is 2.17 bits per heavy atom. The van der Waals surface area contributed by atoms with Gasteiger partial charge in [0.2, 0.25) is 12.8 Å². The van der Waals surface area contributed by atoms with Crippen molar-refractivity contribution in [1.82, 2.24) is 5.32 Å². The van der Waals surface area contributed by atoms with E-state index in [0.717, 1.165) is 43.4 Å². The van der Waals surface area contributed by atoms with Crippen LogP contribution in [0, 0.1) is 0 Å². The molecular weight excluding hydrogens is 607 g/mol. The molecule has 0 atom stereocenters. The van der Waals surface area contributed by atoms with Crippen molar-refractivity contribution in [2.45, 2.75) is 6.92 Å². The highest BCUT2D eigenvalue weighted by Gasteiger charge is 2.01. The van der Waals surface area contributed by atoms with Crippen LogP contribution in [0.15, 0.2) is 9.98 Å². The first-order chi connectivity index (χ1) is 17.8. The molecule has 0 heterocycles. The molecule has 2 N–H and O–H groups in total. The molecule has 0 fully saturated rings. The molecule has 10 nitrogen and oxygen atoms in total. The summed E-state index contributed by atoms with van der Waals surface area (Å²) in [6.45, 7) is 4.83. The molecule has 0 saturated carbocycles. The van der Waals surface area contributed by atoms with Crippen molar-refractivity contribution in [3.8, 4) is 0 Å². The molecule has 0 aliphatic rings. The predicted molar refractivity (Wildman–Crippen MR) is 165 cm³/mol. The number of hydrogen-bond acceptors (Lipinski definition) is 16. The molecule has 0 unspecified atom stereocenters. The molecular formula is C19H37N3O7S7. The number of carbonyl (C=O) groups excluding carboxylic acids is 1. The van der Waals surface area contributed by atoms with E-state index in [-0.39, 0.29) is 18.0 Å². The van der Waals surface area contributed by atoms with Gasteiger partial charge in [-0.25, -0.2) is 4.79 Å². The molecule has 0 aromatic heterocycles. The number of alkyl carbamates (subject to hydrolysis) is 1. The number of ether oxygens (including phenoxy) is 1. The number of aliphatic hydroxyl groups excluding tert-OH is 1. The molecule has 0 saturated heterocycles. The van der Waals surface area contributed by atoms with E-state index in [4.69, 9.17) is 29.4 Å². The van der Waals surface area contributed by atoms with Crippen molar-refractivity contribution in [2.24, 2.45) is 9.98 Å². The first-order valence-corrected chi connectivity index (χ1v) is 19.0. The minimum atomic E-state index is -0.351. The lowest BCUT2D eigenvalue weighted by atomic mass is 10.7. The van der Waals surface area contributed by atoms with Crippen LogP contribution < -0.4 is 5.32 Å². The standard InChI is InChI=1S/C19H37N3O7S7/c1-2-20-11-27-26-6-10-33-18-36-17-32-9-5-25-19(24)22-4-8-31-16-35-15-30-7-3-21-12-28-29-14-34-13-23/h11-12,23H,2-10,13-18H2,1H3,(H,22,24)/b20-11-,21-12+. The number of hydrogen-bond donors (Lipinski definition) is 2. The normalized spacial score (nSPS) is 11.4. The van der Waals surface area contributed by atoms with Crippen LogP contribution >= 0.6 is 82.3 Å². The van der Waals surface area contributed by atoms with Gasteiger partial charge >= 0.3 is 6.09 Å². The van der Waals surface area contributed by atoms with Crippen molar-refractivity contribution in [1.29, 1.82) is 0 Å². The SMILES string of the molecule is CC/N=C\OOCCSCSCSCCOC(=O)NCCSCSCSCC/N=C/OOCSCO. The summed E-state index contributed by atoms with van der Waals surface area (Å²) in [6, 6.07) is 0. The summed E-state index contributed by atoms with van der Waals surface area (Å²) in [5.74, 6) is 3.70. The maximum absolute atomic E-state index is 11.7. The highest BCUT2D eigenvalue weighted by Crippen LogP contribution is 2.18. The van der Waals surface area contributed by atoms with E-state index >= 15 is 0 Å². The number of nitrogens with one attached hydrogen (secondary N) is 1. The van der Waals surface area contributed by atoms with Gasteiger partial charge in [-0.3, -0.25) is 9.98 Å². The van der Waals surface area contributed by atoms with Crippen molar-refractivity contribution in [3.63, 3.8) is 0 Å². The van der Waals surface area contributed by atoms with Crippen LogP contribution in [0.2, 0.25) is 0 Å². The quantitative estimate of drug-likeness (QED) is 0.0310. The van der Waals surface area contributed by atoms with Crippen molar-refractivity contribution in [3.05, 3.63) is 0 Å². The van der Waals surface area contributed by atoms with Gasteiger partial charge in [0, 0.05) is 56.4 Å². The number of thioether (sulfide) groups is 7. The van der Waals surface area contributed by atoms with Gasteiger partial charge in [0.15, 0.2) is 0 Å². The number of aliphatic imine (C=N–C) groups is 2. The molecule has 0 aliphatic carbocycles. The van der Waals surface area contributed by atoms with Crippen LogP contribution in [0.3, 0.4) is 0 Å². The molecule has 0 aromatic carbocycles. The van der Waals surface area contributed by atoms with E-state index in [9.17, 15) is 4.79 Å². The summed E-state index contributed by atoms with van der Waals surface area (Å²) in [5, 5.41) is 15.3. The molecule has 0 aliphatic heterocycles. The molecule has 0 radical (unpaired) electrons. The first kappa shape index (κ1) is 36.5. The van der Waals surface area contributed by atoms with Gasteiger partial charge in [-0.1, -0.05) is 0 Å². The van der Waals surface area contributed by atoms with Crippen LogP contribution in [0.1, 0.15) is 6.92 Å². The maximum Gasteiger partial charge on any atom is 0.407 e. The Bertz CT molecular complexity index is 530. The fraction of sp³-hybridized carbons (Fsp3) is 0.842. The number of amides is 1. The van der Waals surface area contributed by atoms with Crippen LogP contribution in [0.5, 0.6) is 0 Å². The van der Waals surface area contributed by atoms with Gasteiger partial charge in [-0.2, -0.15) is 9.78 Å². The van der Waals surface area contributed by atoms with Crippen LogP contribution in [0.25, 0.3) is 0 Å². The third-order valence-corrected chi connectivity index (χ3v) is 10.7. The van der Waals surface area contributed by atoms with E-state index in [1.165, 1.54) is 24.6 Å². The lowest BCUT2D eigenvalue weighted by Crippen LogP contribution is -2.27. The lowest BCUT2D eigenvalue weighted by molar-refractivity contribution is -0.210. The van der Waals surface area contributed by atoms with Gasteiger partial charge < -0.3 is 24.9 Å². The molecule has 36 heavy (non-hydrogen) atoms. The monoisotopic (exact) mass is 643 g/mol. The number of aliphatic hydroxyl groups is 1.